The number of ether oxygens (including phenoxy) is 1. The first kappa shape index (κ1) is 12.4. The molecule has 0 spiro atoms. The van der Waals surface area contributed by atoms with Gasteiger partial charge in [0.05, 0.1) is 11.6 Å². The Labute approximate surface area is 98.7 Å². The molecule has 6 heteroatoms. The molecule has 0 unspecified atom stereocenters. The lowest BCUT2D eigenvalue weighted by Gasteiger charge is -2.11. The third-order valence-electron chi connectivity index (χ3n) is 1.59. The summed E-state index contributed by atoms with van der Waals surface area (Å²) in [6, 6.07) is 1.54. The van der Waals surface area contributed by atoms with Crippen LogP contribution in [0.15, 0.2) is 6.07 Å². The highest BCUT2D eigenvalue weighted by atomic mass is 35.5. The molecular formula is C9H13Cl2N3O. The average molecular weight is 250 g/mol. The van der Waals surface area contributed by atoms with E-state index in [9.17, 15) is 0 Å². The molecular weight excluding hydrogens is 237 g/mol. The molecule has 1 aromatic heterocycles. The lowest BCUT2D eigenvalue weighted by atomic mass is 10.2. The number of nitrogens with one attached hydrogen (secondary N) is 1. The summed E-state index contributed by atoms with van der Waals surface area (Å²) in [5, 5.41) is 0.735. The van der Waals surface area contributed by atoms with Crippen LogP contribution in [0.5, 0.6) is 5.88 Å². The monoisotopic (exact) mass is 249 g/mol. The maximum Gasteiger partial charge on any atom is 0.234 e. The van der Waals surface area contributed by atoms with E-state index in [0.29, 0.717) is 34.3 Å². The Bertz CT molecular complexity index is 344. The summed E-state index contributed by atoms with van der Waals surface area (Å²) in [4.78, 5) is 4.04. The fourth-order valence-electron chi connectivity index (χ4n) is 0.898. The number of hydrogen-bond acceptors (Lipinski definition) is 4. The molecule has 4 nitrogen and oxygen atoms in total. The molecule has 1 heterocycles. The maximum absolute atomic E-state index is 5.90. The Balaban J connectivity index is 2.87. The van der Waals surface area contributed by atoms with Crippen molar-refractivity contribution in [2.24, 2.45) is 11.8 Å². The number of anilines is 1. The summed E-state index contributed by atoms with van der Waals surface area (Å²) in [5.74, 6) is 6.31. The Kier molecular flexibility index (Phi) is 4.45. The van der Waals surface area contributed by atoms with Crippen LogP contribution in [0.3, 0.4) is 0 Å². The van der Waals surface area contributed by atoms with E-state index in [0.717, 1.165) is 0 Å². The standard InChI is InChI=1S/C9H13Cl2N3O/c1-5(2)4-15-9-7(11)3-6(10)8(13-9)14-12/h3,5H,4,12H2,1-2H3,(H,13,14). The van der Waals surface area contributed by atoms with Crippen LogP contribution in [-0.4, -0.2) is 11.6 Å². The van der Waals surface area contributed by atoms with Crippen LogP contribution in [0.25, 0.3) is 0 Å². The minimum absolute atomic E-state index is 0.336. The van der Waals surface area contributed by atoms with E-state index in [1.54, 1.807) is 6.07 Å². The highest BCUT2D eigenvalue weighted by Crippen LogP contribution is 2.30. The van der Waals surface area contributed by atoms with Gasteiger partial charge < -0.3 is 10.2 Å². The molecule has 84 valence electrons. The van der Waals surface area contributed by atoms with Crippen molar-refractivity contribution in [3.63, 3.8) is 0 Å². The third-order valence-corrected chi connectivity index (χ3v) is 2.15. The molecule has 0 aliphatic carbocycles. The third kappa shape index (κ3) is 3.41. The van der Waals surface area contributed by atoms with E-state index < -0.39 is 0 Å². The van der Waals surface area contributed by atoms with Crippen molar-refractivity contribution in [3.05, 3.63) is 16.1 Å². The van der Waals surface area contributed by atoms with Crippen molar-refractivity contribution in [3.8, 4) is 5.88 Å². The van der Waals surface area contributed by atoms with Crippen molar-refractivity contribution < 1.29 is 4.74 Å². The van der Waals surface area contributed by atoms with Gasteiger partial charge in [-0.3, -0.25) is 0 Å². The smallest absolute Gasteiger partial charge is 0.234 e. The SMILES string of the molecule is CC(C)COc1nc(NN)c(Cl)cc1Cl. The summed E-state index contributed by atoms with van der Waals surface area (Å²) < 4.78 is 5.40. The number of nitrogens with zero attached hydrogens (tertiary/aromatic N) is 1. The maximum atomic E-state index is 5.90. The number of hydrogen-bond donors (Lipinski definition) is 2. The van der Waals surface area contributed by atoms with Gasteiger partial charge in [-0.1, -0.05) is 37.0 Å². The van der Waals surface area contributed by atoms with Gasteiger partial charge in [0.25, 0.3) is 0 Å². The molecule has 0 aromatic carbocycles. The number of nitrogen functional groups attached to an aromatic ring is 1. The van der Waals surface area contributed by atoms with Gasteiger partial charge in [0.15, 0.2) is 5.82 Å². The summed E-state index contributed by atoms with van der Waals surface area (Å²) in [6.07, 6.45) is 0. The van der Waals surface area contributed by atoms with Gasteiger partial charge in [-0.05, 0) is 12.0 Å². The second-order valence-electron chi connectivity index (χ2n) is 3.45. The number of rotatable bonds is 4. The van der Waals surface area contributed by atoms with Gasteiger partial charge in [-0.2, -0.15) is 4.98 Å². The molecule has 0 bridgehead atoms. The van der Waals surface area contributed by atoms with E-state index in [4.69, 9.17) is 33.8 Å². The zero-order valence-electron chi connectivity index (χ0n) is 8.55. The molecule has 0 amide bonds. The largest absolute Gasteiger partial charge is 0.476 e. The highest BCUT2D eigenvalue weighted by molar-refractivity contribution is 6.36. The summed E-state index contributed by atoms with van der Waals surface area (Å²) in [5.41, 5.74) is 2.37. The molecule has 15 heavy (non-hydrogen) atoms. The fourth-order valence-corrected chi connectivity index (χ4v) is 1.37. The lowest BCUT2D eigenvalue weighted by Crippen LogP contribution is -2.11. The van der Waals surface area contributed by atoms with Crippen molar-refractivity contribution in [2.45, 2.75) is 13.8 Å². The minimum atomic E-state index is 0.336. The van der Waals surface area contributed by atoms with Gasteiger partial charge in [-0.15, -0.1) is 0 Å². The average Bonchev–Trinajstić information content (AvgIpc) is 2.16. The predicted octanol–water partition coefficient (Wildman–Crippen LogP) is 2.71. The van der Waals surface area contributed by atoms with E-state index in [1.807, 2.05) is 13.8 Å². The first-order valence-corrected chi connectivity index (χ1v) is 5.25. The van der Waals surface area contributed by atoms with Crippen molar-refractivity contribution in [1.29, 1.82) is 0 Å². The first-order valence-electron chi connectivity index (χ1n) is 4.50. The van der Waals surface area contributed by atoms with Crippen molar-refractivity contribution in [2.75, 3.05) is 12.0 Å². The molecule has 1 rings (SSSR count). The number of pyridine rings is 1. The van der Waals surface area contributed by atoms with Gasteiger partial charge in [-0.25, -0.2) is 5.84 Å². The van der Waals surface area contributed by atoms with Gasteiger partial charge in [0.2, 0.25) is 5.88 Å². The van der Waals surface area contributed by atoms with Crippen LogP contribution in [0.4, 0.5) is 5.82 Å². The van der Waals surface area contributed by atoms with Crippen LogP contribution in [0.2, 0.25) is 10.0 Å². The van der Waals surface area contributed by atoms with Crippen LogP contribution in [0, 0.1) is 5.92 Å². The topological polar surface area (TPSA) is 60.2 Å². The molecule has 0 aliphatic heterocycles. The number of aromatic nitrogens is 1. The van der Waals surface area contributed by atoms with E-state index in [2.05, 4.69) is 10.4 Å². The lowest BCUT2D eigenvalue weighted by molar-refractivity contribution is 0.262. The molecule has 0 saturated heterocycles. The summed E-state index contributed by atoms with van der Waals surface area (Å²) >= 11 is 11.7. The van der Waals surface area contributed by atoms with Crippen LogP contribution in [0.1, 0.15) is 13.8 Å². The number of halogens is 2. The van der Waals surface area contributed by atoms with E-state index in [-0.39, 0.29) is 0 Å². The van der Waals surface area contributed by atoms with E-state index in [1.165, 1.54) is 0 Å². The summed E-state index contributed by atoms with van der Waals surface area (Å²) in [7, 11) is 0. The second kappa shape index (κ2) is 5.39. The zero-order valence-corrected chi connectivity index (χ0v) is 10.1. The quantitative estimate of drug-likeness (QED) is 0.637. The van der Waals surface area contributed by atoms with Gasteiger partial charge in [0, 0.05) is 0 Å². The predicted molar refractivity (Wildman–Crippen MR) is 62.4 cm³/mol. The summed E-state index contributed by atoms with van der Waals surface area (Å²) in [6.45, 7) is 4.61. The molecule has 0 aliphatic rings. The normalized spacial score (nSPS) is 10.5. The zero-order chi connectivity index (χ0) is 11.4. The Morgan fingerprint density at radius 1 is 1.47 bits per heavy atom. The van der Waals surface area contributed by atoms with Crippen LogP contribution in [-0.2, 0) is 0 Å². The Hall–Kier alpha value is -0.710. The van der Waals surface area contributed by atoms with Crippen molar-refractivity contribution >= 4 is 29.0 Å². The Morgan fingerprint density at radius 2 is 2.13 bits per heavy atom. The molecule has 3 N–H and O–H groups in total. The molecule has 0 radical (unpaired) electrons. The van der Waals surface area contributed by atoms with Gasteiger partial charge >= 0.3 is 0 Å². The molecule has 0 atom stereocenters. The number of nitrogens with two attached hydrogens (primary N) is 1. The first-order chi connectivity index (χ1) is 7.04. The van der Waals surface area contributed by atoms with Crippen molar-refractivity contribution in [1.82, 2.24) is 4.98 Å². The second-order valence-corrected chi connectivity index (χ2v) is 4.27. The van der Waals surface area contributed by atoms with E-state index >= 15 is 0 Å². The highest BCUT2D eigenvalue weighted by Gasteiger charge is 2.10. The number of hydrazine groups is 1. The fraction of sp³-hybridized carbons (Fsp3) is 0.444. The minimum Gasteiger partial charge on any atom is -0.476 e. The van der Waals surface area contributed by atoms with Crippen LogP contribution >= 0.6 is 23.2 Å². The Morgan fingerprint density at radius 3 is 2.67 bits per heavy atom. The van der Waals surface area contributed by atoms with Crippen LogP contribution < -0.4 is 16.0 Å². The molecule has 0 saturated carbocycles. The molecule has 0 fully saturated rings. The molecule has 1 aromatic rings. The van der Waals surface area contributed by atoms with Gasteiger partial charge in [0.1, 0.15) is 5.02 Å².